The van der Waals surface area contributed by atoms with Crippen LogP contribution in [0.15, 0.2) is 12.4 Å². The van der Waals surface area contributed by atoms with Gasteiger partial charge >= 0.3 is 0 Å². The van der Waals surface area contributed by atoms with Gasteiger partial charge in [-0.25, -0.2) is 0 Å². The van der Waals surface area contributed by atoms with Crippen LogP contribution in [-0.4, -0.2) is 46.9 Å². The van der Waals surface area contributed by atoms with Crippen molar-refractivity contribution in [2.45, 2.75) is 32.2 Å². The standard InChI is InChI=1S/C13H24N4/c1-3-6-14-13-5-8-17(11-13)7-4-12-9-15-16(2)10-12/h9-10,13-14H,3-8,11H2,1-2H3. The summed E-state index contributed by atoms with van der Waals surface area (Å²) in [7, 11) is 1.98. The van der Waals surface area contributed by atoms with Crippen molar-refractivity contribution in [3.05, 3.63) is 18.0 Å². The van der Waals surface area contributed by atoms with Crippen molar-refractivity contribution >= 4 is 0 Å². The second kappa shape index (κ2) is 6.17. The molecule has 1 aliphatic rings. The molecule has 1 saturated heterocycles. The minimum Gasteiger partial charge on any atom is -0.313 e. The lowest BCUT2D eigenvalue weighted by molar-refractivity contribution is 0.332. The second-order valence-corrected chi connectivity index (χ2v) is 5.01. The highest BCUT2D eigenvalue weighted by Gasteiger charge is 2.21. The van der Waals surface area contributed by atoms with Crippen molar-refractivity contribution in [3.63, 3.8) is 0 Å². The summed E-state index contributed by atoms with van der Waals surface area (Å²) in [4.78, 5) is 2.56. The van der Waals surface area contributed by atoms with Gasteiger partial charge in [-0.2, -0.15) is 5.10 Å². The molecule has 0 saturated carbocycles. The normalized spacial score (nSPS) is 21.2. The largest absolute Gasteiger partial charge is 0.313 e. The molecule has 0 bridgehead atoms. The van der Waals surface area contributed by atoms with E-state index in [4.69, 9.17) is 0 Å². The summed E-state index contributed by atoms with van der Waals surface area (Å²) in [5.41, 5.74) is 1.34. The molecule has 0 spiro atoms. The number of aryl methyl sites for hydroxylation is 1. The van der Waals surface area contributed by atoms with Gasteiger partial charge in [-0.05, 0) is 37.9 Å². The SMILES string of the molecule is CCCNC1CCN(CCc2cnn(C)c2)C1. The Kier molecular flexibility index (Phi) is 4.57. The zero-order valence-electron chi connectivity index (χ0n) is 11.0. The summed E-state index contributed by atoms with van der Waals surface area (Å²) in [5.74, 6) is 0. The number of likely N-dealkylation sites (tertiary alicyclic amines) is 1. The fraction of sp³-hybridized carbons (Fsp3) is 0.769. The number of nitrogens with one attached hydrogen (secondary N) is 1. The highest BCUT2D eigenvalue weighted by molar-refractivity contribution is 5.04. The first kappa shape index (κ1) is 12.6. The molecular weight excluding hydrogens is 212 g/mol. The third-order valence-electron chi connectivity index (χ3n) is 3.43. The number of rotatable bonds is 6. The van der Waals surface area contributed by atoms with Gasteiger partial charge in [-0.1, -0.05) is 6.92 Å². The van der Waals surface area contributed by atoms with Crippen molar-refractivity contribution in [3.8, 4) is 0 Å². The van der Waals surface area contributed by atoms with Crippen molar-refractivity contribution in [1.82, 2.24) is 20.0 Å². The number of hydrogen-bond donors (Lipinski definition) is 1. The van der Waals surface area contributed by atoms with Gasteiger partial charge in [-0.15, -0.1) is 0 Å². The summed E-state index contributed by atoms with van der Waals surface area (Å²) >= 11 is 0. The molecule has 1 aliphatic heterocycles. The summed E-state index contributed by atoms with van der Waals surface area (Å²) < 4.78 is 1.88. The monoisotopic (exact) mass is 236 g/mol. The van der Waals surface area contributed by atoms with Crippen LogP contribution in [0.3, 0.4) is 0 Å². The molecule has 1 atom stereocenters. The first-order valence-corrected chi connectivity index (χ1v) is 6.71. The molecule has 1 fully saturated rings. The molecule has 4 nitrogen and oxygen atoms in total. The maximum atomic E-state index is 4.20. The highest BCUT2D eigenvalue weighted by Crippen LogP contribution is 2.10. The van der Waals surface area contributed by atoms with Crippen molar-refractivity contribution < 1.29 is 0 Å². The van der Waals surface area contributed by atoms with Crippen LogP contribution in [0.1, 0.15) is 25.3 Å². The van der Waals surface area contributed by atoms with Gasteiger partial charge in [0.25, 0.3) is 0 Å². The molecule has 1 N–H and O–H groups in total. The van der Waals surface area contributed by atoms with E-state index < -0.39 is 0 Å². The Labute approximate surface area is 104 Å². The Bertz CT molecular complexity index is 334. The van der Waals surface area contributed by atoms with E-state index in [1.165, 1.54) is 31.5 Å². The Morgan fingerprint density at radius 3 is 3.12 bits per heavy atom. The Morgan fingerprint density at radius 2 is 2.41 bits per heavy atom. The molecule has 0 amide bonds. The first-order chi connectivity index (χ1) is 8.28. The predicted octanol–water partition coefficient (Wildman–Crippen LogP) is 1.04. The average molecular weight is 236 g/mol. The minimum absolute atomic E-state index is 0.712. The molecule has 96 valence electrons. The van der Waals surface area contributed by atoms with E-state index in [1.54, 1.807) is 0 Å². The average Bonchev–Trinajstić information content (AvgIpc) is 2.93. The fourth-order valence-corrected chi connectivity index (χ4v) is 2.44. The lowest BCUT2D eigenvalue weighted by Crippen LogP contribution is -2.33. The summed E-state index contributed by atoms with van der Waals surface area (Å²) in [6.07, 6.45) is 7.74. The zero-order chi connectivity index (χ0) is 12.1. The van der Waals surface area contributed by atoms with Crippen molar-refractivity contribution in [1.29, 1.82) is 0 Å². The summed E-state index contributed by atoms with van der Waals surface area (Å²) in [5, 5.41) is 7.81. The van der Waals surface area contributed by atoms with Crippen LogP contribution in [0.4, 0.5) is 0 Å². The summed E-state index contributed by atoms with van der Waals surface area (Å²) in [6, 6.07) is 0.712. The van der Waals surface area contributed by atoms with E-state index in [0.717, 1.165) is 19.5 Å². The maximum Gasteiger partial charge on any atom is 0.0522 e. The quantitative estimate of drug-likeness (QED) is 0.801. The van der Waals surface area contributed by atoms with E-state index in [9.17, 15) is 0 Å². The summed E-state index contributed by atoms with van der Waals surface area (Å²) in [6.45, 7) is 6.99. The molecule has 0 aliphatic carbocycles. The molecule has 4 heteroatoms. The van der Waals surface area contributed by atoms with Crippen LogP contribution in [0.2, 0.25) is 0 Å². The smallest absolute Gasteiger partial charge is 0.0522 e. The van der Waals surface area contributed by atoms with E-state index in [0.29, 0.717) is 6.04 Å². The van der Waals surface area contributed by atoms with E-state index in [-0.39, 0.29) is 0 Å². The van der Waals surface area contributed by atoms with Gasteiger partial charge in [0.1, 0.15) is 0 Å². The fourth-order valence-electron chi connectivity index (χ4n) is 2.44. The Hall–Kier alpha value is -0.870. The zero-order valence-corrected chi connectivity index (χ0v) is 11.0. The van der Waals surface area contributed by atoms with E-state index >= 15 is 0 Å². The van der Waals surface area contributed by atoms with Gasteiger partial charge in [0.2, 0.25) is 0 Å². The van der Waals surface area contributed by atoms with Gasteiger partial charge in [-0.3, -0.25) is 4.68 Å². The molecule has 0 aromatic carbocycles. The van der Waals surface area contributed by atoms with E-state index in [1.807, 2.05) is 17.9 Å². The van der Waals surface area contributed by atoms with Crippen LogP contribution in [0, 0.1) is 0 Å². The van der Waals surface area contributed by atoms with Crippen LogP contribution < -0.4 is 5.32 Å². The van der Waals surface area contributed by atoms with Gasteiger partial charge in [0.05, 0.1) is 6.20 Å². The molecule has 2 rings (SSSR count). The topological polar surface area (TPSA) is 33.1 Å². The number of hydrogen-bond acceptors (Lipinski definition) is 3. The van der Waals surface area contributed by atoms with Crippen molar-refractivity contribution in [2.24, 2.45) is 7.05 Å². The number of nitrogens with zero attached hydrogens (tertiary/aromatic N) is 3. The third-order valence-corrected chi connectivity index (χ3v) is 3.43. The maximum absolute atomic E-state index is 4.20. The Balaban J connectivity index is 1.67. The molecule has 2 heterocycles. The van der Waals surface area contributed by atoms with Crippen LogP contribution in [0.25, 0.3) is 0 Å². The van der Waals surface area contributed by atoms with Gasteiger partial charge in [0, 0.05) is 32.4 Å². The van der Waals surface area contributed by atoms with Gasteiger partial charge in [0.15, 0.2) is 0 Å². The highest BCUT2D eigenvalue weighted by atomic mass is 15.2. The Morgan fingerprint density at radius 1 is 1.53 bits per heavy atom. The molecule has 1 unspecified atom stereocenters. The van der Waals surface area contributed by atoms with E-state index in [2.05, 4.69) is 28.4 Å². The van der Waals surface area contributed by atoms with Crippen LogP contribution in [-0.2, 0) is 13.5 Å². The van der Waals surface area contributed by atoms with Crippen LogP contribution >= 0.6 is 0 Å². The van der Waals surface area contributed by atoms with Crippen molar-refractivity contribution in [2.75, 3.05) is 26.2 Å². The lowest BCUT2D eigenvalue weighted by atomic mass is 10.2. The number of aromatic nitrogens is 2. The molecular formula is C13H24N4. The first-order valence-electron chi connectivity index (χ1n) is 6.71. The van der Waals surface area contributed by atoms with Crippen LogP contribution in [0.5, 0.6) is 0 Å². The minimum atomic E-state index is 0.712. The lowest BCUT2D eigenvalue weighted by Gasteiger charge is -2.15. The van der Waals surface area contributed by atoms with Gasteiger partial charge < -0.3 is 10.2 Å². The molecule has 0 radical (unpaired) electrons. The second-order valence-electron chi connectivity index (χ2n) is 5.01. The molecule has 1 aromatic heterocycles. The predicted molar refractivity (Wildman–Crippen MR) is 70.1 cm³/mol. The third kappa shape index (κ3) is 3.82. The molecule has 17 heavy (non-hydrogen) atoms. The molecule has 1 aromatic rings.